The number of hydrogen-bond donors (Lipinski definition) is 2. The van der Waals surface area contributed by atoms with Gasteiger partial charge in [0.05, 0.1) is 12.1 Å². The average molecular weight is 305 g/mol. The summed E-state index contributed by atoms with van der Waals surface area (Å²) in [6, 6.07) is 10.7. The fourth-order valence-corrected chi connectivity index (χ4v) is 2.51. The molecule has 1 unspecified atom stereocenters. The van der Waals surface area contributed by atoms with Crippen molar-refractivity contribution in [1.82, 2.24) is 4.98 Å². The Hall–Kier alpha value is -2.27. The Kier molecular flexibility index (Phi) is 3.66. The second-order valence-electron chi connectivity index (χ2n) is 4.80. The molecule has 5 nitrogen and oxygen atoms in total. The number of fused-ring (bicyclic) bond motifs is 1. The molecule has 1 aliphatic rings. The Bertz CT molecular complexity index is 665. The largest absolute Gasteiger partial charge is 0.488 e. The number of pyridine rings is 1. The van der Waals surface area contributed by atoms with E-state index in [1.54, 1.807) is 0 Å². The van der Waals surface area contributed by atoms with Crippen molar-refractivity contribution in [3.05, 3.63) is 52.7 Å². The lowest BCUT2D eigenvalue weighted by Gasteiger charge is -2.12. The molecule has 108 valence electrons. The van der Waals surface area contributed by atoms with Crippen LogP contribution in [-0.4, -0.2) is 28.7 Å². The Morgan fingerprint density at radius 1 is 1.43 bits per heavy atom. The number of benzene rings is 1. The fraction of sp³-hybridized carbons (Fsp3) is 0.200. The lowest BCUT2D eigenvalue weighted by Crippen LogP contribution is -2.24. The molecule has 2 heterocycles. The molecule has 0 fully saturated rings. The van der Waals surface area contributed by atoms with Gasteiger partial charge in [-0.25, -0.2) is 9.78 Å². The third kappa shape index (κ3) is 3.08. The first-order chi connectivity index (χ1) is 10.1. The molecule has 1 aromatic heterocycles. The maximum absolute atomic E-state index is 11.0. The highest BCUT2D eigenvalue weighted by Crippen LogP contribution is 2.28. The summed E-state index contributed by atoms with van der Waals surface area (Å²) in [5, 5.41) is 12.2. The first-order valence-corrected chi connectivity index (χ1v) is 6.89. The topological polar surface area (TPSA) is 71.5 Å². The second-order valence-corrected chi connectivity index (χ2v) is 5.19. The van der Waals surface area contributed by atoms with Crippen LogP contribution in [0.3, 0.4) is 0 Å². The van der Waals surface area contributed by atoms with Crippen LogP contribution in [0.4, 0.5) is 5.82 Å². The van der Waals surface area contributed by atoms with E-state index in [0.29, 0.717) is 12.4 Å². The summed E-state index contributed by atoms with van der Waals surface area (Å²) in [4.78, 5) is 15.0. The molecule has 0 aliphatic carbocycles. The fourth-order valence-electron chi connectivity index (χ4n) is 2.30. The van der Waals surface area contributed by atoms with Gasteiger partial charge in [0.2, 0.25) is 0 Å². The molecule has 0 saturated heterocycles. The van der Waals surface area contributed by atoms with Crippen LogP contribution in [0.2, 0.25) is 5.15 Å². The van der Waals surface area contributed by atoms with E-state index in [1.165, 1.54) is 17.7 Å². The molecule has 3 rings (SSSR count). The molecule has 1 aliphatic heterocycles. The smallest absolute Gasteiger partial charge is 0.335 e. The molecule has 0 spiro atoms. The standard InChI is InChI=1S/C15H13ClN2O3/c16-13-6-10(15(19)20)7-14(18-13)17-8-11-5-9-3-1-2-4-12(9)21-11/h1-4,6-7,11H,5,8H2,(H,17,18)(H,19,20). The zero-order valence-electron chi connectivity index (χ0n) is 11.0. The maximum atomic E-state index is 11.0. The number of halogens is 1. The summed E-state index contributed by atoms with van der Waals surface area (Å²) in [6.07, 6.45) is 0.812. The highest BCUT2D eigenvalue weighted by atomic mass is 35.5. The average Bonchev–Trinajstić information content (AvgIpc) is 2.87. The van der Waals surface area contributed by atoms with Crippen molar-refractivity contribution in [2.75, 3.05) is 11.9 Å². The lowest BCUT2D eigenvalue weighted by molar-refractivity contribution is 0.0697. The quantitative estimate of drug-likeness (QED) is 0.850. The van der Waals surface area contributed by atoms with E-state index in [9.17, 15) is 4.79 Å². The molecule has 0 amide bonds. The van der Waals surface area contributed by atoms with Gasteiger partial charge in [0, 0.05) is 6.42 Å². The molecule has 0 saturated carbocycles. The maximum Gasteiger partial charge on any atom is 0.335 e. The summed E-state index contributed by atoms with van der Waals surface area (Å²) in [7, 11) is 0. The highest BCUT2D eigenvalue weighted by Gasteiger charge is 2.22. The van der Waals surface area contributed by atoms with Crippen molar-refractivity contribution >= 4 is 23.4 Å². The minimum absolute atomic E-state index is 0.00328. The molecular weight excluding hydrogens is 292 g/mol. The molecule has 21 heavy (non-hydrogen) atoms. The van der Waals surface area contributed by atoms with Crippen molar-refractivity contribution in [3.8, 4) is 5.75 Å². The van der Waals surface area contributed by atoms with Gasteiger partial charge in [0.15, 0.2) is 0 Å². The predicted molar refractivity (Wildman–Crippen MR) is 79.3 cm³/mol. The molecule has 0 bridgehead atoms. The van der Waals surface area contributed by atoms with Crippen molar-refractivity contribution in [2.24, 2.45) is 0 Å². The van der Waals surface area contributed by atoms with Crippen LogP contribution in [0.1, 0.15) is 15.9 Å². The van der Waals surface area contributed by atoms with Gasteiger partial charge < -0.3 is 15.2 Å². The van der Waals surface area contributed by atoms with Crippen LogP contribution >= 0.6 is 11.6 Å². The summed E-state index contributed by atoms with van der Waals surface area (Å²) in [5.74, 6) is 0.293. The molecule has 0 radical (unpaired) electrons. The number of para-hydroxylation sites is 1. The van der Waals surface area contributed by atoms with Gasteiger partial charge in [0.25, 0.3) is 0 Å². The number of aromatic carboxylic acids is 1. The van der Waals surface area contributed by atoms with Gasteiger partial charge in [-0.1, -0.05) is 29.8 Å². The number of ether oxygens (including phenoxy) is 1. The number of nitrogens with one attached hydrogen (secondary N) is 1. The number of anilines is 1. The van der Waals surface area contributed by atoms with E-state index < -0.39 is 5.97 Å². The predicted octanol–water partition coefficient (Wildman–Crippen LogP) is 2.85. The Morgan fingerprint density at radius 2 is 2.24 bits per heavy atom. The number of carbonyl (C=O) groups is 1. The van der Waals surface area contributed by atoms with Crippen LogP contribution in [0, 0.1) is 0 Å². The summed E-state index contributed by atoms with van der Waals surface area (Å²) >= 11 is 5.82. The molecule has 6 heteroatoms. The van der Waals surface area contributed by atoms with Gasteiger partial charge in [0.1, 0.15) is 22.8 Å². The highest BCUT2D eigenvalue weighted by molar-refractivity contribution is 6.29. The van der Waals surface area contributed by atoms with Crippen LogP contribution in [0.15, 0.2) is 36.4 Å². The van der Waals surface area contributed by atoms with E-state index in [4.69, 9.17) is 21.4 Å². The van der Waals surface area contributed by atoms with Crippen molar-refractivity contribution in [3.63, 3.8) is 0 Å². The number of carboxylic acids is 1. The molecule has 2 N–H and O–H groups in total. The van der Waals surface area contributed by atoms with Crippen molar-refractivity contribution < 1.29 is 14.6 Å². The molecule has 2 aromatic rings. The third-order valence-electron chi connectivity index (χ3n) is 3.27. The second kappa shape index (κ2) is 5.61. The Morgan fingerprint density at radius 3 is 3.00 bits per heavy atom. The number of hydrogen-bond acceptors (Lipinski definition) is 4. The molecule has 1 aromatic carbocycles. The van der Waals surface area contributed by atoms with Crippen LogP contribution in [0.25, 0.3) is 0 Å². The van der Waals surface area contributed by atoms with Gasteiger partial charge in [-0.15, -0.1) is 0 Å². The first kappa shape index (κ1) is 13.7. The minimum Gasteiger partial charge on any atom is -0.488 e. The van der Waals surface area contributed by atoms with Gasteiger partial charge in [-0.3, -0.25) is 0 Å². The van der Waals surface area contributed by atoms with Gasteiger partial charge >= 0.3 is 5.97 Å². The van der Waals surface area contributed by atoms with E-state index in [-0.39, 0.29) is 16.8 Å². The minimum atomic E-state index is -1.04. The van der Waals surface area contributed by atoms with Crippen molar-refractivity contribution in [1.29, 1.82) is 0 Å². The van der Waals surface area contributed by atoms with Gasteiger partial charge in [-0.05, 0) is 23.8 Å². The monoisotopic (exact) mass is 304 g/mol. The van der Waals surface area contributed by atoms with E-state index in [1.807, 2.05) is 24.3 Å². The van der Waals surface area contributed by atoms with E-state index in [2.05, 4.69) is 10.3 Å². The third-order valence-corrected chi connectivity index (χ3v) is 3.46. The summed E-state index contributed by atoms with van der Waals surface area (Å²) in [6.45, 7) is 0.529. The zero-order valence-corrected chi connectivity index (χ0v) is 11.8. The number of carboxylic acid groups (broad SMARTS) is 1. The van der Waals surface area contributed by atoms with Crippen LogP contribution < -0.4 is 10.1 Å². The summed E-state index contributed by atoms with van der Waals surface area (Å²) in [5.41, 5.74) is 1.28. The normalized spacial score (nSPS) is 16.1. The Balaban J connectivity index is 1.65. The summed E-state index contributed by atoms with van der Waals surface area (Å²) < 4.78 is 5.80. The molecular formula is C15H13ClN2O3. The zero-order chi connectivity index (χ0) is 14.8. The number of rotatable bonds is 4. The lowest BCUT2D eigenvalue weighted by atomic mass is 10.1. The molecule has 1 atom stereocenters. The van der Waals surface area contributed by atoms with E-state index >= 15 is 0 Å². The van der Waals surface area contributed by atoms with Crippen LogP contribution in [0.5, 0.6) is 5.75 Å². The van der Waals surface area contributed by atoms with Crippen molar-refractivity contribution in [2.45, 2.75) is 12.5 Å². The van der Waals surface area contributed by atoms with E-state index in [0.717, 1.165) is 12.2 Å². The number of nitrogens with zero attached hydrogens (tertiary/aromatic N) is 1. The Labute approximate surface area is 126 Å². The van der Waals surface area contributed by atoms with Gasteiger partial charge in [-0.2, -0.15) is 0 Å². The number of aromatic nitrogens is 1. The first-order valence-electron chi connectivity index (χ1n) is 6.51. The van der Waals surface area contributed by atoms with Crippen LogP contribution in [-0.2, 0) is 6.42 Å². The SMILES string of the molecule is O=C(O)c1cc(Cl)nc(NCC2Cc3ccccc3O2)c1.